The van der Waals surface area contributed by atoms with Gasteiger partial charge < -0.3 is 24.0 Å². The van der Waals surface area contributed by atoms with E-state index in [4.69, 9.17) is 14.2 Å². The second-order valence-electron chi connectivity index (χ2n) is 7.39. The summed E-state index contributed by atoms with van der Waals surface area (Å²) in [6.07, 6.45) is -0.335. The van der Waals surface area contributed by atoms with Crippen LogP contribution in [0, 0.1) is 0 Å². The van der Waals surface area contributed by atoms with Crippen LogP contribution in [0.3, 0.4) is 0 Å². The summed E-state index contributed by atoms with van der Waals surface area (Å²) >= 11 is 1.28. The van der Waals surface area contributed by atoms with E-state index in [9.17, 15) is 9.59 Å². The fourth-order valence-electron chi connectivity index (χ4n) is 3.64. The Labute approximate surface area is 193 Å². The molecule has 1 fully saturated rings. The zero-order valence-electron chi connectivity index (χ0n) is 18.0. The first-order valence-corrected chi connectivity index (χ1v) is 11.6. The van der Waals surface area contributed by atoms with Crippen molar-refractivity contribution in [2.75, 3.05) is 45.3 Å². The summed E-state index contributed by atoms with van der Waals surface area (Å²) in [5.74, 6) is 1.58. The smallest absolute Gasteiger partial charge is 0.409 e. The summed E-state index contributed by atoms with van der Waals surface area (Å²) in [4.78, 5) is 27.9. The molecule has 33 heavy (non-hydrogen) atoms. The van der Waals surface area contributed by atoms with E-state index in [-0.39, 0.29) is 24.5 Å². The molecule has 0 atom stereocenters. The Hall–Kier alpha value is -3.54. The third-order valence-electron chi connectivity index (χ3n) is 5.39. The number of fused-ring (bicyclic) bond motifs is 2. The van der Waals surface area contributed by atoms with E-state index in [0.29, 0.717) is 55.1 Å². The van der Waals surface area contributed by atoms with E-state index in [1.165, 1.54) is 11.8 Å². The maximum atomic E-state index is 12.7. The highest BCUT2D eigenvalue weighted by Gasteiger charge is 2.25. The second-order valence-corrected chi connectivity index (χ2v) is 8.34. The Morgan fingerprint density at radius 3 is 2.64 bits per heavy atom. The first-order chi connectivity index (χ1) is 16.1. The predicted octanol–water partition coefficient (Wildman–Crippen LogP) is 1.91. The fraction of sp³-hybridized carbons (Fsp3) is 0.381. The lowest BCUT2D eigenvalue weighted by molar-refractivity contribution is -0.129. The summed E-state index contributed by atoms with van der Waals surface area (Å²) in [6, 6.07) is 9.35. The van der Waals surface area contributed by atoms with Crippen molar-refractivity contribution in [1.82, 2.24) is 29.6 Å². The molecule has 1 saturated heterocycles. The molecule has 5 rings (SSSR count). The van der Waals surface area contributed by atoms with E-state index < -0.39 is 0 Å². The maximum Gasteiger partial charge on any atom is 0.409 e. The van der Waals surface area contributed by atoms with Crippen molar-refractivity contribution in [1.29, 1.82) is 0 Å². The zero-order valence-corrected chi connectivity index (χ0v) is 18.8. The summed E-state index contributed by atoms with van der Waals surface area (Å²) in [7, 11) is 0. The third-order valence-corrected chi connectivity index (χ3v) is 6.29. The molecule has 0 saturated carbocycles. The van der Waals surface area contributed by atoms with Gasteiger partial charge in [-0.25, -0.2) is 4.79 Å². The Morgan fingerprint density at radius 2 is 1.82 bits per heavy atom. The molecule has 2 aliphatic heterocycles. The van der Waals surface area contributed by atoms with Gasteiger partial charge in [0.05, 0.1) is 18.1 Å². The van der Waals surface area contributed by atoms with Crippen LogP contribution in [0.2, 0.25) is 0 Å². The van der Waals surface area contributed by atoms with Gasteiger partial charge in [-0.1, -0.05) is 11.8 Å². The van der Waals surface area contributed by atoms with E-state index in [2.05, 4.69) is 15.3 Å². The lowest BCUT2D eigenvalue weighted by Crippen LogP contribution is -2.51. The number of nitrogens with zero attached hydrogens (tertiary/aromatic N) is 6. The van der Waals surface area contributed by atoms with Gasteiger partial charge >= 0.3 is 6.09 Å². The molecule has 0 spiro atoms. The van der Waals surface area contributed by atoms with Gasteiger partial charge in [0.1, 0.15) is 0 Å². The molecule has 0 bridgehead atoms. The predicted molar refractivity (Wildman–Crippen MR) is 118 cm³/mol. The molecule has 2 amide bonds. The van der Waals surface area contributed by atoms with Gasteiger partial charge in [0, 0.05) is 31.7 Å². The minimum Gasteiger partial charge on any atom is -0.454 e. The Morgan fingerprint density at radius 1 is 1.03 bits per heavy atom. The Bertz CT molecular complexity index is 1190. The van der Waals surface area contributed by atoms with Crippen LogP contribution in [0.15, 0.2) is 35.5 Å². The van der Waals surface area contributed by atoms with Crippen molar-refractivity contribution < 1.29 is 23.8 Å². The van der Waals surface area contributed by atoms with Crippen LogP contribution in [0.5, 0.6) is 11.5 Å². The van der Waals surface area contributed by atoms with Crippen LogP contribution in [-0.4, -0.2) is 86.9 Å². The first kappa shape index (κ1) is 21.3. The highest BCUT2D eigenvalue weighted by atomic mass is 32.2. The normalized spacial score (nSPS) is 15.2. The number of amides is 2. The lowest BCUT2D eigenvalue weighted by Gasteiger charge is -2.33. The molecule has 0 unspecified atom stereocenters. The van der Waals surface area contributed by atoms with Crippen molar-refractivity contribution in [3.8, 4) is 22.8 Å². The van der Waals surface area contributed by atoms with Gasteiger partial charge in [0.2, 0.25) is 17.9 Å². The van der Waals surface area contributed by atoms with Crippen LogP contribution in [0.4, 0.5) is 4.79 Å². The van der Waals surface area contributed by atoms with Gasteiger partial charge in [-0.15, -0.1) is 10.2 Å². The number of hydrogen-bond acceptors (Lipinski definition) is 9. The van der Waals surface area contributed by atoms with Crippen LogP contribution in [-0.2, 0) is 9.53 Å². The van der Waals surface area contributed by atoms with Gasteiger partial charge in [-0.3, -0.25) is 4.79 Å². The summed E-state index contributed by atoms with van der Waals surface area (Å²) in [5.41, 5.74) is 2.20. The highest BCUT2D eigenvalue weighted by molar-refractivity contribution is 7.99. The topological polar surface area (TPSA) is 111 Å². The zero-order chi connectivity index (χ0) is 22.8. The average Bonchev–Trinajstić information content (AvgIpc) is 3.48. The average molecular weight is 471 g/mol. The fourth-order valence-corrected chi connectivity index (χ4v) is 4.43. The number of benzene rings is 1. The molecule has 2 aromatic heterocycles. The molecule has 2 aliphatic rings. The highest BCUT2D eigenvalue weighted by Crippen LogP contribution is 2.35. The monoisotopic (exact) mass is 470 g/mol. The van der Waals surface area contributed by atoms with Crippen molar-refractivity contribution >= 4 is 29.4 Å². The van der Waals surface area contributed by atoms with Crippen molar-refractivity contribution in [2.45, 2.75) is 12.1 Å². The molecule has 12 heteroatoms. The number of rotatable bonds is 5. The molecule has 1 aromatic carbocycles. The number of piperazine rings is 1. The van der Waals surface area contributed by atoms with Crippen molar-refractivity contribution in [3.63, 3.8) is 0 Å². The third kappa shape index (κ3) is 4.38. The molecule has 0 aliphatic carbocycles. The quantitative estimate of drug-likeness (QED) is 0.516. The number of hydrogen-bond donors (Lipinski definition) is 0. The minimum absolute atomic E-state index is 0.0211. The maximum absolute atomic E-state index is 12.7. The molecule has 4 heterocycles. The number of aromatic nitrogens is 4. The van der Waals surface area contributed by atoms with Gasteiger partial charge in [-0.05, 0) is 37.3 Å². The standard InChI is InChI=1S/C21H22N6O5S/c1-2-30-21(29)26-9-7-25(8-10-26)19(28)12-33-20-23-22-18-6-4-15(24-27(18)20)14-3-5-16-17(11-14)32-13-31-16/h3-6,11H,2,7-10,12-13H2,1H3. The molecule has 0 radical (unpaired) electrons. The SMILES string of the molecule is CCOC(=O)N1CCN(C(=O)CSc2nnc3ccc(-c4ccc5c(c4)OCO5)nn23)CC1. The summed E-state index contributed by atoms with van der Waals surface area (Å²) in [6.45, 7) is 4.20. The number of thioether (sulfide) groups is 1. The first-order valence-electron chi connectivity index (χ1n) is 10.6. The van der Waals surface area contributed by atoms with Gasteiger partial charge in [0.15, 0.2) is 17.1 Å². The number of ether oxygens (including phenoxy) is 3. The van der Waals surface area contributed by atoms with Gasteiger partial charge in [0.25, 0.3) is 0 Å². The van der Waals surface area contributed by atoms with Crippen LogP contribution >= 0.6 is 11.8 Å². The van der Waals surface area contributed by atoms with Crippen molar-refractivity contribution in [3.05, 3.63) is 30.3 Å². The van der Waals surface area contributed by atoms with Crippen LogP contribution < -0.4 is 9.47 Å². The minimum atomic E-state index is -0.335. The largest absolute Gasteiger partial charge is 0.454 e. The second kappa shape index (κ2) is 9.14. The molecule has 3 aromatic rings. The molecule has 172 valence electrons. The van der Waals surface area contributed by atoms with Crippen LogP contribution in [0.25, 0.3) is 16.9 Å². The van der Waals surface area contributed by atoms with E-state index >= 15 is 0 Å². The van der Waals surface area contributed by atoms with Crippen LogP contribution in [0.1, 0.15) is 6.92 Å². The van der Waals surface area contributed by atoms with E-state index in [0.717, 1.165) is 11.3 Å². The van der Waals surface area contributed by atoms with E-state index in [1.54, 1.807) is 21.2 Å². The molecule has 11 nitrogen and oxygen atoms in total. The summed E-state index contributed by atoms with van der Waals surface area (Å²) < 4.78 is 17.5. The number of carbonyl (C=O) groups is 2. The van der Waals surface area contributed by atoms with Gasteiger partial charge in [-0.2, -0.15) is 9.61 Å². The van der Waals surface area contributed by atoms with Crippen molar-refractivity contribution in [2.24, 2.45) is 0 Å². The Balaban J connectivity index is 1.24. The van der Waals surface area contributed by atoms with E-state index in [1.807, 2.05) is 30.3 Å². The Kier molecular flexibility index (Phi) is 5.90. The number of carbonyl (C=O) groups excluding carboxylic acids is 2. The molecular weight excluding hydrogens is 448 g/mol. The summed E-state index contributed by atoms with van der Waals surface area (Å²) in [5, 5.41) is 13.5. The molecule has 0 N–H and O–H groups in total. The lowest BCUT2D eigenvalue weighted by atomic mass is 10.1. The molecular formula is C21H22N6O5S.